The Morgan fingerprint density at radius 2 is 2.33 bits per heavy atom. The SMILES string of the molecule is O=C(NCCCn1cccn1)c1ccncc1O. The number of nitrogens with one attached hydrogen (secondary N) is 1. The first-order chi connectivity index (χ1) is 8.77. The summed E-state index contributed by atoms with van der Waals surface area (Å²) in [5.41, 5.74) is 0.240. The Morgan fingerprint density at radius 1 is 1.44 bits per heavy atom. The largest absolute Gasteiger partial charge is 0.505 e. The Morgan fingerprint density at radius 3 is 3.06 bits per heavy atom. The van der Waals surface area contributed by atoms with Crippen molar-refractivity contribution in [1.29, 1.82) is 0 Å². The lowest BCUT2D eigenvalue weighted by molar-refractivity contribution is 0.0950. The molecule has 0 saturated heterocycles. The summed E-state index contributed by atoms with van der Waals surface area (Å²) in [5, 5.41) is 16.2. The Kier molecular flexibility index (Phi) is 3.90. The van der Waals surface area contributed by atoms with Crippen LogP contribution in [0.15, 0.2) is 36.9 Å². The number of aromatic hydroxyl groups is 1. The lowest BCUT2D eigenvalue weighted by Gasteiger charge is -2.06. The molecule has 1 amide bonds. The van der Waals surface area contributed by atoms with Gasteiger partial charge in [-0.05, 0) is 18.6 Å². The molecular formula is C12H14N4O2. The van der Waals surface area contributed by atoms with E-state index in [0.717, 1.165) is 13.0 Å². The van der Waals surface area contributed by atoms with Gasteiger partial charge in [0, 0.05) is 31.7 Å². The highest BCUT2D eigenvalue weighted by Gasteiger charge is 2.09. The molecule has 0 unspecified atom stereocenters. The minimum Gasteiger partial charge on any atom is -0.505 e. The van der Waals surface area contributed by atoms with Gasteiger partial charge in [-0.25, -0.2) is 0 Å². The Balaban J connectivity index is 1.77. The molecule has 6 heteroatoms. The number of nitrogens with zero attached hydrogens (tertiary/aromatic N) is 3. The Labute approximate surface area is 104 Å². The van der Waals surface area contributed by atoms with Crippen LogP contribution < -0.4 is 5.32 Å². The van der Waals surface area contributed by atoms with Crippen molar-refractivity contribution in [1.82, 2.24) is 20.1 Å². The zero-order chi connectivity index (χ0) is 12.8. The standard InChI is InChI=1S/C12H14N4O2/c17-11-9-13-6-3-10(11)12(18)14-4-1-7-16-8-2-5-15-16/h2-3,5-6,8-9,17H,1,4,7H2,(H,14,18). The van der Waals surface area contributed by atoms with Crippen molar-refractivity contribution in [3.05, 3.63) is 42.5 Å². The van der Waals surface area contributed by atoms with E-state index in [2.05, 4.69) is 15.4 Å². The van der Waals surface area contributed by atoms with Crippen LogP contribution >= 0.6 is 0 Å². The van der Waals surface area contributed by atoms with E-state index in [1.165, 1.54) is 18.5 Å². The highest BCUT2D eigenvalue weighted by Crippen LogP contribution is 2.13. The molecule has 0 saturated carbocycles. The third-order valence-electron chi connectivity index (χ3n) is 2.45. The highest BCUT2D eigenvalue weighted by molar-refractivity contribution is 5.96. The third-order valence-corrected chi connectivity index (χ3v) is 2.45. The molecule has 0 aliphatic rings. The maximum Gasteiger partial charge on any atom is 0.255 e. The van der Waals surface area contributed by atoms with E-state index in [0.29, 0.717) is 6.54 Å². The smallest absolute Gasteiger partial charge is 0.255 e. The number of aromatic nitrogens is 3. The fraction of sp³-hybridized carbons (Fsp3) is 0.250. The summed E-state index contributed by atoms with van der Waals surface area (Å²) < 4.78 is 1.80. The molecule has 0 aromatic carbocycles. The summed E-state index contributed by atoms with van der Waals surface area (Å²) in [6.45, 7) is 1.27. The van der Waals surface area contributed by atoms with Crippen molar-refractivity contribution in [3.8, 4) is 5.75 Å². The molecule has 0 radical (unpaired) electrons. The second kappa shape index (κ2) is 5.81. The van der Waals surface area contributed by atoms with E-state index < -0.39 is 0 Å². The molecule has 0 aliphatic heterocycles. The first kappa shape index (κ1) is 12.1. The molecule has 6 nitrogen and oxygen atoms in total. The second-order valence-electron chi connectivity index (χ2n) is 3.77. The van der Waals surface area contributed by atoms with Gasteiger partial charge in [-0.1, -0.05) is 0 Å². The van der Waals surface area contributed by atoms with E-state index in [9.17, 15) is 9.90 Å². The summed E-state index contributed by atoms with van der Waals surface area (Å²) >= 11 is 0. The van der Waals surface area contributed by atoms with Crippen molar-refractivity contribution < 1.29 is 9.90 Å². The van der Waals surface area contributed by atoms with Gasteiger partial charge in [0.1, 0.15) is 5.75 Å². The number of pyridine rings is 1. The molecule has 2 aromatic rings. The van der Waals surface area contributed by atoms with Crippen LogP contribution in [0.2, 0.25) is 0 Å². The molecule has 18 heavy (non-hydrogen) atoms. The second-order valence-corrected chi connectivity index (χ2v) is 3.77. The molecular weight excluding hydrogens is 232 g/mol. The van der Waals surface area contributed by atoms with Gasteiger partial charge in [0.05, 0.1) is 11.8 Å². The summed E-state index contributed by atoms with van der Waals surface area (Å²) in [6.07, 6.45) is 7.08. The molecule has 0 fully saturated rings. The predicted octanol–water partition coefficient (Wildman–Crippen LogP) is 0.804. The van der Waals surface area contributed by atoms with Crippen LogP contribution in [0, 0.1) is 0 Å². The topological polar surface area (TPSA) is 80.0 Å². The van der Waals surface area contributed by atoms with Crippen LogP contribution in [-0.4, -0.2) is 32.3 Å². The molecule has 94 valence electrons. The number of hydrogen-bond donors (Lipinski definition) is 2. The number of hydrogen-bond acceptors (Lipinski definition) is 4. The van der Waals surface area contributed by atoms with E-state index >= 15 is 0 Å². The van der Waals surface area contributed by atoms with Gasteiger partial charge in [0.15, 0.2) is 0 Å². The van der Waals surface area contributed by atoms with Crippen molar-refractivity contribution in [3.63, 3.8) is 0 Å². The predicted molar refractivity (Wildman–Crippen MR) is 65.1 cm³/mol. The number of aryl methyl sites for hydroxylation is 1. The maximum atomic E-state index is 11.7. The third kappa shape index (κ3) is 3.07. The van der Waals surface area contributed by atoms with Crippen LogP contribution in [0.3, 0.4) is 0 Å². The quantitative estimate of drug-likeness (QED) is 0.765. The van der Waals surface area contributed by atoms with E-state index in [4.69, 9.17) is 0 Å². The first-order valence-corrected chi connectivity index (χ1v) is 5.66. The van der Waals surface area contributed by atoms with Crippen LogP contribution in [0.4, 0.5) is 0 Å². The Hall–Kier alpha value is -2.37. The van der Waals surface area contributed by atoms with Gasteiger partial charge in [-0.3, -0.25) is 14.5 Å². The van der Waals surface area contributed by atoms with E-state index in [-0.39, 0.29) is 17.2 Å². The van der Waals surface area contributed by atoms with Crippen LogP contribution in [0.25, 0.3) is 0 Å². The van der Waals surface area contributed by atoms with Crippen molar-refractivity contribution in [2.45, 2.75) is 13.0 Å². The van der Waals surface area contributed by atoms with Gasteiger partial charge < -0.3 is 10.4 Å². The minimum absolute atomic E-state index is 0.109. The monoisotopic (exact) mass is 246 g/mol. The van der Waals surface area contributed by atoms with Crippen molar-refractivity contribution in [2.75, 3.05) is 6.54 Å². The van der Waals surface area contributed by atoms with Crippen molar-refractivity contribution in [2.24, 2.45) is 0 Å². The normalized spacial score (nSPS) is 10.2. The van der Waals surface area contributed by atoms with Crippen LogP contribution in [0.1, 0.15) is 16.8 Å². The van der Waals surface area contributed by atoms with Crippen LogP contribution in [-0.2, 0) is 6.54 Å². The zero-order valence-corrected chi connectivity index (χ0v) is 9.78. The Bertz CT molecular complexity index is 511. The summed E-state index contributed by atoms with van der Waals surface area (Å²) in [6, 6.07) is 3.34. The number of amides is 1. The minimum atomic E-state index is -0.296. The molecule has 2 aromatic heterocycles. The molecule has 0 aliphatic carbocycles. The average Bonchev–Trinajstić information content (AvgIpc) is 2.88. The van der Waals surface area contributed by atoms with Gasteiger partial charge in [-0.2, -0.15) is 5.10 Å². The number of carbonyl (C=O) groups excluding carboxylic acids is 1. The number of carbonyl (C=O) groups is 1. The maximum absolute atomic E-state index is 11.7. The molecule has 0 spiro atoms. The van der Waals surface area contributed by atoms with Gasteiger partial charge >= 0.3 is 0 Å². The molecule has 2 N–H and O–H groups in total. The highest BCUT2D eigenvalue weighted by atomic mass is 16.3. The average molecular weight is 246 g/mol. The zero-order valence-electron chi connectivity index (χ0n) is 9.78. The summed E-state index contributed by atoms with van der Waals surface area (Å²) in [5.74, 6) is -0.405. The van der Waals surface area contributed by atoms with Gasteiger partial charge in [0.25, 0.3) is 5.91 Å². The van der Waals surface area contributed by atoms with E-state index in [1.54, 1.807) is 10.9 Å². The van der Waals surface area contributed by atoms with Crippen LogP contribution in [0.5, 0.6) is 5.75 Å². The molecule has 0 bridgehead atoms. The molecule has 0 atom stereocenters. The van der Waals surface area contributed by atoms with E-state index in [1.807, 2.05) is 12.3 Å². The molecule has 2 heterocycles. The fourth-order valence-corrected chi connectivity index (χ4v) is 1.55. The van der Waals surface area contributed by atoms with Gasteiger partial charge in [0.2, 0.25) is 0 Å². The lowest BCUT2D eigenvalue weighted by atomic mass is 10.2. The first-order valence-electron chi connectivity index (χ1n) is 5.66. The fourth-order valence-electron chi connectivity index (χ4n) is 1.55. The number of rotatable bonds is 5. The lowest BCUT2D eigenvalue weighted by Crippen LogP contribution is -2.25. The summed E-state index contributed by atoms with van der Waals surface area (Å²) in [7, 11) is 0. The summed E-state index contributed by atoms with van der Waals surface area (Å²) in [4.78, 5) is 15.4. The van der Waals surface area contributed by atoms with Crippen molar-refractivity contribution >= 4 is 5.91 Å². The molecule has 2 rings (SSSR count). The van der Waals surface area contributed by atoms with Gasteiger partial charge in [-0.15, -0.1) is 0 Å².